The molecule has 0 aliphatic carbocycles. The van der Waals surface area contributed by atoms with Crippen LogP contribution in [0.5, 0.6) is 0 Å². The third-order valence-corrected chi connectivity index (χ3v) is 19.4. The van der Waals surface area contributed by atoms with Crippen molar-refractivity contribution in [3.63, 3.8) is 0 Å². The predicted molar refractivity (Wildman–Crippen MR) is 122 cm³/mol. The molecule has 27 heavy (non-hydrogen) atoms. The molecular weight excluding hydrogens is 485 g/mol. The molecule has 0 radical (unpaired) electrons. The Balaban J connectivity index is 2.91. The van der Waals surface area contributed by atoms with Crippen LogP contribution in [-0.4, -0.2) is 49.9 Å². The van der Waals surface area contributed by atoms with E-state index < -0.39 is 4.43 Å². The minimum atomic E-state index is -1.70. The van der Waals surface area contributed by atoms with Crippen molar-refractivity contribution in [1.29, 1.82) is 0 Å². The second-order valence-electron chi connectivity index (χ2n) is 9.94. The van der Waals surface area contributed by atoms with Crippen LogP contribution >= 0.6 is 4.43 Å². The molecule has 0 saturated carbocycles. The third kappa shape index (κ3) is 5.03. The first-order valence-corrected chi connectivity index (χ1v) is 17.6. The van der Waals surface area contributed by atoms with Crippen LogP contribution in [0.2, 0.25) is 5.82 Å². The number of rotatable bonds is 5. The second-order valence-corrected chi connectivity index (χ2v) is 24.3. The van der Waals surface area contributed by atoms with Gasteiger partial charge in [0.15, 0.2) is 0 Å². The van der Waals surface area contributed by atoms with E-state index in [4.69, 9.17) is 9.26 Å². The van der Waals surface area contributed by atoms with Crippen LogP contribution in [0, 0.1) is 0 Å². The number of fused-ring (bicyclic) bond motifs is 1. The molecule has 1 aliphatic heterocycles. The zero-order chi connectivity index (χ0) is 20.7. The first kappa shape index (κ1) is 23.9. The van der Waals surface area contributed by atoms with Crippen molar-refractivity contribution < 1.29 is 9.26 Å². The molecule has 2 rings (SSSR count). The zero-order valence-electron chi connectivity index (χ0n) is 18.6. The Hall–Kier alpha value is 0.609. The molecule has 0 spiro atoms. The molecule has 1 heterocycles. The van der Waals surface area contributed by atoms with Crippen LogP contribution in [0.4, 0.5) is 0 Å². The summed E-state index contributed by atoms with van der Waals surface area (Å²) in [5.41, 5.74) is 4.73. The van der Waals surface area contributed by atoms with E-state index in [1.807, 2.05) is 0 Å². The maximum atomic E-state index is 6.62. The molecule has 1 atom stereocenters. The molecule has 0 fully saturated rings. The van der Waals surface area contributed by atoms with Crippen LogP contribution in [0.25, 0.3) is 0 Å². The molecule has 0 saturated heterocycles. The van der Waals surface area contributed by atoms with Crippen LogP contribution in [-0.2, 0) is 25.5 Å². The zero-order valence-corrected chi connectivity index (χ0v) is 22.9. The van der Waals surface area contributed by atoms with Crippen molar-refractivity contribution in [3.8, 4) is 0 Å². The molecule has 1 unspecified atom stereocenters. The van der Waals surface area contributed by atoms with Crippen molar-refractivity contribution in [2.24, 2.45) is 0 Å². The maximum absolute atomic E-state index is 6.62. The van der Waals surface area contributed by atoms with Crippen LogP contribution in [0.15, 0.2) is 12.1 Å². The van der Waals surface area contributed by atoms with E-state index in [0.717, 1.165) is 26.1 Å². The number of ether oxygens (including phenoxy) is 1. The van der Waals surface area contributed by atoms with Gasteiger partial charge in [-0.2, -0.15) is 0 Å². The topological polar surface area (TPSA) is 18.5 Å². The molecular formula is C22H37O2PSe2. The number of benzene rings is 1. The standard InChI is InChI=1S/C22H37O2PSe2/c1-20(2,3)16-14-17(21(4,5)10-12-23-8)19-18(15-16)22(6,7)11-13-24-25(19,26)27-9/h14-15H,10-13H2,1-9H3. The Morgan fingerprint density at radius 2 is 1.85 bits per heavy atom. The Morgan fingerprint density at radius 1 is 1.22 bits per heavy atom. The van der Waals surface area contributed by atoms with Gasteiger partial charge in [-0.1, -0.05) is 0 Å². The van der Waals surface area contributed by atoms with E-state index in [9.17, 15) is 0 Å². The Bertz CT molecular complexity index is 733. The van der Waals surface area contributed by atoms with E-state index in [1.54, 1.807) is 7.11 Å². The summed E-state index contributed by atoms with van der Waals surface area (Å²) in [4.78, 5) is 0. The molecule has 0 N–H and O–H groups in total. The van der Waals surface area contributed by atoms with Gasteiger partial charge in [0.05, 0.1) is 0 Å². The summed E-state index contributed by atoms with van der Waals surface area (Å²) in [5, 5.41) is 1.52. The van der Waals surface area contributed by atoms with Gasteiger partial charge in [-0.15, -0.1) is 0 Å². The molecule has 2 nitrogen and oxygen atoms in total. The normalized spacial score (nSPS) is 23.0. The number of methoxy groups -OCH3 is 1. The van der Waals surface area contributed by atoms with Gasteiger partial charge >= 0.3 is 181 Å². The fourth-order valence-electron chi connectivity index (χ4n) is 3.65. The molecule has 0 amide bonds. The summed E-state index contributed by atoms with van der Waals surface area (Å²) in [5.74, 6) is 2.34. The van der Waals surface area contributed by atoms with Gasteiger partial charge < -0.3 is 0 Å². The minimum absolute atomic E-state index is 0.0471. The molecule has 0 aromatic heterocycles. The van der Waals surface area contributed by atoms with Crippen LogP contribution in [0.3, 0.4) is 0 Å². The van der Waals surface area contributed by atoms with Gasteiger partial charge in [-0.25, -0.2) is 0 Å². The van der Waals surface area contributed by atoms with Gasteiger partial charge in [0, 0.05) is 0 Å². The fraction of sp³-hybridized carbons (Fsp3) is 0.727. The summed E-state index contributed by atoms with van der Waals surface area (Å²) in [7, 11) is 1.80. The molecule has 154 valence electrons. The monoisotopic (exact) mass is 524 g/mol. The molecule has 0 bridgehead atoms. The quantitative estimate of drug-likeness (QED) is 0.386. The van der Waals surface area contributed by atoms with Crippen LogP contribution < -0.4 is 5.30 Å². The first-order valence-electron chi connectivity index (χ1n) is 9.78. The number of hydrogen-bond donors (Lipinski definition) is 0. The average molecular weight is 522 g/mol. The molecule has 1 aromatic carbocycles. The van der Waals surface area contributed by atoms with E-state index in [-0.39, 0.29) is 16.2 Å². The Labute approximate surface area is 180 Å². The SMILES string of the molecule is COCCC(C)(C)c1cc(C(C)(C)C)cc2c1P(=[Se])([Se]C)OCCC2(C)C. The first-order chi connectivity index (χ1) is 12.3. The Morgan fingerprint density at radius 3 is 2.37 bits per heavy atom. The van der Waals surface area contributed by atoms with Crippen molar-refractivity contribution >= 4 is 39.3 Å². The number of hydrogen-bond acceptors (Lipinski definition) is 2. The van der Waals surface area contributed by atoms with Crippen molar-refractivity contribution in [1.82, 2.24) is 0 Å². The van der Waals surface area contributed by atoms with Gasteiger partial charge in [0.2, 0.25) is 0 Å². The van der Waals surface area contributed by atoms with Crippen molar-refractivity contribution in [3.05, 3.63) is 28.8 Å². The second kappa shape index (κ2) is 8.39. The average Bonchev–Trinajstić information content (AvgIpc) is 2.67. The Kier molecular flexibility index (Phi) is 7.42. The summed E-state index contributed by atoms with van der Waals surface area (Å²) in [6.07, 6.45) is 2.09. The van der Waals surface area contributed by atoms with Gasteiger partial charge in [0.25, 0.3) is 0 Å². The molecule has 1 aromatic rings. The van der Waals surface area contributed by atoms with Crippen molar-refractivity contribution in [2.45, 2.75) is 83.4 Å². The van der Waals surface area contributed by atoms with Gasteiger partial charge in [0.1, 0.15) is 0 Å². The summed E-state index contributed by atoms with van der Waals surface area (Å²) in [6.45, 7) is 18.1. The van der Waals surface area contributed by atoms with E-state index >= 15 is 0 Å². The van der Waals surface area contributed by atoms with E-state index in [1.165, 1.54) is 22.0 Å². The van der Waals surface area contributed by atoms with E-state index in [0.29, 0.717) is 14.5 Å². The van der Waals surface area contributed by atoms with Gasteiger partial charge in [-0.3, -0.25) is 0 Å². The molecule has 1 aliphatic rings. The third-order valence-electron chi connectivity index (χ3n) is 5.87. The van der Waals surface area contributed by atoms with E-state index in [2.05, 4.69) is 81.5 Å². The summed E-state index contributed by atoms with van der Waals surface area (Å²) in [6, 6.07) is 4.98. The van der Waals surface area contributed by atoms with Gasteiger partial charge in [-0.05, 0) is 0 Å². The van der Waals surface area contributed by atoms with Crippen LogP contribution in [0.1, 0.15) is 78.0 Å². The summed E-state index contributed by atoms with van der Waals surface area (Å²) >= 11 is 4.00. The van der Waals surface area contributed by atoms with Crippen molar-refractivity contribution in [2.75, 3.05) is 20.3 Å². The fourth-order valence-corrected chi connectivity index (χ4v) is 11.0. The predicted octanol–water partition coefficient (Wildman–Crippen LogP) is 5.30. The summed E-state index contributed by atoms with van der Waals surface area (Å²) < 4.78 is 10.4. The molecule has 5 heteroatoms.